The molecule has 0 amide bonds. The molecule has 0 aliphatic heterocycles. The average Bonchev–Trinajstić information content (AvgIpc) is 2.68. The number of alkyl halides is 1. The minimum absolute atomic E-state index is 0.252. The summed E-state index contributed by atoms with van der Waals surface area (Å²) in [6.07, 6.45) is 0.671. The molecule has 3 nitrogen and oxygen atoms in total. The van der Waals surface area contributed by atoms with Crippen LogP contribution in [0.15, 0.2) is 18.2 Å². The fourth-order valence-electron chi connectivity index (χ4n) is 1.97. The summed E-state index contributed by atoms with van der Waals surface area (Å²) in [5.74, 6) is 1.13. The Bertz CT molecular complexity index is 527. The van der Waals surface area contributed by atoms with E-state index in [1.807, 2.05) is 11.5 Å². The number of nitrogens with zero attached hydrogens (tertiary/aromatic N) is 2. The highest BCUT2D eigenvalue weighted by Gasteiger charge is 2.10. The largest absolute Gasteiger partial charge is 0.380 e. The number of imidazole rings is 1. The van der Waals surface area contributed by atoms with E-state index in [2.05, 4.69) is 4.98 Å². The quantitative estimate of drug-likeness (QED) is 0.596. The van der Waals surface area contributed by atoms with Gasteiger partial charge in [0.15, 0.2) is 0 Å². The monoisotopic (exact) mass is 270 g/mol. The molecule has 1 aromatic carbocycles. The van der Waals surface area contributed by atoms with Gasteiger partial charge in [-0.15, -0.1) is 11.6 Å². The highest BCUT2D eigenvalue weighted by atomic mass is 35.5. The van der Waals surface area contributed by atoms with E-state index in [1.54, 1.807) is 6.07 Å². The van der Waals surface area contributed by atoms with Gasteiger partial charge in [-0.2, -0.15) is 0 Å². The molecule has 0 spiro atoms. The summed E-state index contributed by atoms with van der Waals surface area (Å²) in [5, 5.41) is 0. The molecule has 0 radical (unpaired) electrons. The molecule has 0 unspecified atom stereocenters. The summed E-state index contributed by atoms with van der Waals surface area (Å²) < 4.78 is 20.6. The molecule has 1 heterocycles. The molecule has 0 aliphatic rings. The molecule has 0 saturated heterocycles. The van der Waals surface area contributed by atoms with Gasteiger partial charge in [0.05, 0.1) is 17.6 Å². The second-order valence-corrected chi connectivity index (χ2v) is 4.33. The average molecular weight is 271 g/mol. The van der Waals surface area contributed by atoms with Gasteiger partial charge in [-0.1, -0.05) is 0 Å². The molecule has 0 atom stereocenters. The number of aromatic nitrogens is 2. The van der Waals surface area contributed by atoms with Crippen molar-refractivity contribution in [2.24, 2.45) is 0 Å². The minimum atomic E-state index is -0.252. The molecule has 2 rings (SSSR count). The van der Waals surface area contributed by atoms with Crippen molar-refractivity contribution < 1.29 is 9.13 Å². The van der Waals surface area contributed by atoms with E-state index in [0.29, 0.717) is 32.1 Å². The summed E-state index contributed by atoms with van der Waals surface area (Å²) in [6, 6.07) is 4.62. The van der Waals surface area contributed by atoms with Crippen LogP contribution in [0.1, 0.15) is 12.7 Å². The van der Waals surface area contributed by atoms with Crippen molar-refractivity contribution in [2.75, 3.05) is 19.1 Å². The standard InChI is InChI=1S/C13H16ClFN2O/c1-2-18-8-7-17-12-9-10(15)3-4-11(12)16-13(17)5-6-14/h3-4,9H,2,5-8H2,1H3. The summed E-state index contributed by atoms with van der Waals surface area (Å²) in [6.45, 7) is 3.88. The van der Waals surface area contributed by atoms with E-state index < -0.39 is 0 Å². The van der Waals surface area contributed by atoms with Gasteiger partial charge < -0.3 is 9.30 Å². The van der Waals surface area contributed by atoms with E-state index in [-0.39, 0.29) is 5.82 Å². The van der Waals surface area contributed by atoms with Crippen LogP contribution in [-0.2, 0) is 17.7 Å². The number of rotatable bonds is 6. The zero-order chi connectivity index (χ0) is 13.0. The Labute approximate surface area is 111 Å². The van der Waals surface area contributed by atoms with Gasteiger partial charge in [-0.05, 0) is 25.1 Å². The Kier molecular flexibility index (Phi) is 4.55. The first-order valence-corrected chi connectivity index (χ1v) is 6.58. The van der Waals surface area contributed by atoms with E-state index in [9.17, 15) is 4.39 Å². The molecule has 98 valence electrons. The predicted octanol–water partition coefficient (Wildman–Crippen LogP) is 2.99. The topological polar surface area (TPSA) is 27.1 Å². The maximum atomic E-state index is 13.3. The van der Waals surface area contributed by atoms with Crippen LogP contribution in [0.4, 0.5) is 4.39 Å². The number of aryl methyl sites for hydroxylation is 1. The molecule has 0 saturated carbocycles. The molecular weight excluding hydrogens is 255 g/mol. The van der Waals surface area contributed by atoms with Gasteiger partial charge in [0.1, 0.15) is 11.6 Å². The van der Waals surface area contributed by atoms with Crippen LogP contribution in [0.25, 0.3) is 11.0 Å². The van der Waals surface area contributed by atoms with Crippen molar-refractivity contribution in [2.45, 2.75) is 19.9 Å². The first kappa shape index (κ1) is 13.3. The molecule has 0 aliphatic carbocycles. The Balaban J connectivity index is 2.36. The Morgan fingerprint density at radius 3 is 3.00 bits per heavy atom. The van der Waals surface area contributed by atoms with Crippen LogP contribution in [0.2, 0.25) is 0 Å². The maximum absolute atomic E-state index is 13.3. The SMILES string of the molecule is CCOCCn1c(CCCl)nc2ccc(F)cc21. The van der Waals surface area contributed by atoms with Gasteiger partial charge in [0.2, 0.25) is 0 Å². The first-order chi connectivity index (χ1) is 8.76. The van der Waals surface area contributed by atoms with Gasteiger partial charge in [0, 0.05) is 25.5 Å². The summed E-state index contributed by atoms with van der Waals surface area (Å²) in [4.78, 5) is 4.48. The highest BCUT2D eigenvalue weighted by molar-refractivity contribution is 6.17. The molecule has 1 aromatic heterocycles. The zero-order valence-corrected chi connectivity index (χ0v) is 11.1. The first-order valence-electron chi connectivity index (χ1n) is 6.04. The van der Waals surface area contributed by atoms with Crippen LogP contribution >= 0.6 is 11.6 Å². The van der Waals surface area contributed by atoms with E-state index in [1.165, 1.54) is 12.1 Å². The van der Waals surface area contributed by atoms with Crippen molar-refractivity contribution in [3.8, 4) is 0 Å². The van der Waals surface area contributed by atoms with Crippen molar-refractivity contribution in [1.29, 1.82) is 0 Å². The fourth-order valence-corrected chi connectivity index (χ4v) is 2.14. The summed E-state index contributed by atoms with van der Waals surface area (Å²) in [7, 11) is 0. The van der Waals surface area contributed by atoms with Crippen LogP contribution in [-0.4, -0.2) is 28.6 Å². The van der Waals surface area contributed by atoms with Crippen molar-refractivity contribution in [3.63, 3.8) is 0 Å². The van der Waals surface area contributed by atoms with Gasteiger partial charge in [-0.3, -0.25) is 0 Å². The molecule has 5 heteroatoms. The number of benzene rings is 1. The third kappa shape index (κ3) is 2.82. The molecule has 0 N–H and O–H groups in total. The second kappa shape index (κ2) is 6.16. The molecule has 18 heavy (non-hydrogen) atoms. The molecule has 2 aromatic rings. The number of hydrogen-bond donors (Lipinski definition) is 0. The van der Waals surface area contributed by atoms with Crippen LogP contribution in [0, 0.1) is 5.82 Å². The molecular formula is C13H16ClFN2O. The van der Waals surface area contributed by atoms with Gasteiger partial charge in [0.25, 0.3) is 0 Å². The fraction of sp³-hybridized carbons (Fsp3) is 0.462. The zero-order valence-electron chi connectivity index (χ0n) is 10.3. The van der Waals surface area contributed by atoms with Crippen molar-refractivity contribution >= 4 is 22.6 Å². The number of fused-ring (bicyclic) bond motifs is 1. The number of hydrogen-bond acceptors (Lipinski definition) is 2. The van der Waals surface area contributed by atoms with Crippen molar-refractivity contribution in [3.05, 3.63) is 29.8 Å². The normalized spacial score (nSPS) is 11.3. The van der Waals surface area contributed by atoms with Gasteiger partial charge in [-0.25, -0.2) is 9.37 Å². The van der Waals surface area contributed by atoms with E-state index in [0.717, 1.165) is 16.9 Å². The molecule has 0 bridgehead atoms. The lowest BCUT2D eigenvalue weighted by molar-refractivity contribution is 0.139. The van der Waals surface area contributed by atoms with E-state index >= 15 is 0 Å². The Hall–Kier alpha value is -1.13. The van der Waals surface area contributed by atoms with Crippen LogP contribution < -0.4 is 0 Å². The lowest BCUT2D eigenvalue weighted by atomic mass is 10.3. The van der Waals surface area contributed by atoms with Crippen LogP contribution in [0.3, 0.4) is 0 Å². The maximum Gasteiger partial charge on any atom is 0.125 e. The van der Waals surface area contributed by atoms with Gasteiger partial charge >= 0.3 is 0 Å². The smallest absolute Gasteiger partial charge is 0.125 e. The second-order valence-electron chi connectivity index (χ2n) is 3.95. The predicted molar refractivity (Wildman–Crippen MR) is 70.6 cm³/mol. The third-order valence-corrected chi connectivity index (χ3v) is 2.96. The lowest BCUT2D eigenvalue weighted by Crippen LogP contribution is -2.10. The van der Waals surface area contributed by atoms with E-state index in [4.69, 9.17) is 16.3 Å². The molecule has 0 fully saturated rings. The van der Waals surface area contributed by atoms with Crippen molar-refractivity contribution in [1.82, 2.24) is 9.55 Å². The Morgan fingerprint density at radius 1 is 1.44 bits per heavy atom. The third-order valence-electron chi connectivity index (χ3n) is 2.77. The lowest BCUT2D eigenvalue weighted by Gasteiger charge is -2.08. The highest BCUT2D eigenvalue weighted by Crippen LogP contribution is 2.18. The van der Waals surface area contributed by atoms with Crippen LogP contribution in [0.5, 0.6) is 0 Å². The number of halogens is 2. The summed E-state index contributed by atoms with van der Waals surface area (Å²) in [5.41, 5.74) is 1.60. The number of ether oxygens (including phenoxy) is 1. The minimum Gasteiger partial charge on any atom is -0.380 e. The summed E-state index contributed by atoms with van der Waals surface area (Å²) >= 11 is 5.77. The Morgan fingerprint density at radius 2 is 2.28 bits per heavy atom.